The monoisotopic (exact) mass is 270 g/mol. The van der Waals surface area contributed by atoms with Gasteiger partial charge in [-0.2, -0.15) is 0 Å². The smallest absolute Gasteiger partial charge is 0.320 e. The molecular weight excluding hydrogens is 248 g/mol. The van der Waals surface area contributed by atoms with Crippen molar-refractivity contribution in [2.24, 2.45) is 0 Å². The Morgan fingerprint density at radius 1 is 1.16 bits per heavy atom. The van der Waals surface area contributed by atoms with Crippen LogP contribution in [0, 0.1) is 0 Å². The van der Waals surface area contributed by atoms with Crippen molar-refractivity contribution in [2.75, 3.05) is 26.8 Å². The second-order valence-electron chi connectivity index (χ2n) is 5.31. The fourth-order valence-electron chi connectivity index (χ4n) is 2.47. The number of aliphatic carboxylic acids is 1. The van der Waals surface area contributed by atoms with Crippen LogP contribution in [0.15, 0.2) is 0 Å². The first kappa shape index (κ1) is 14.1. The van der Waals surface area contributed by atoms with Gasteiger partial charge >= 0.3 is 12.0 Å². The zero-order valence-corrected chi connectivity index (χ0v) is 11.4. The van der Waals surface area contributed by atoms with E-state index in [4.69, 9.17) is 9.84 Å². The Morgan fingerprint density at radius 3 is 2.32 bits per heavy atom. The predicted octanol–water partition coefficient (Wildman–Crippen LogP) is 1.16. The van der Waals surface area contributed by atoms with E-state index >= 15 is 0 Å². The Morgan fingerprint density at radius 2 is 1.79 bits per heavy atom. The molecule has 0 aromatic rings. The summed E-state index contributed by atoms with van der Waals surface area (Å²) in [6.45, 7) is 1.70. The quantitative estimate of drug-likeness (QED) is 0.813. The lowest BCUT2D eigenvalue weighted by Crippen LogP contribution is -2.49. The zero-order valence-electron chi connectivity index (χ0n) is 11.4. The maximum atomic E-state index is 12.5. The summed E-state index contributed by atoms with van der Waals surface area (Å²) in [5.74, 6) is -0.854. The Bertz CT molecular complexity index is 338. The number of carbonyl (C=O) groups is 2. The third-order valence-electron chi connectivity index (χ3n) is 3.84. The molecule has 2 fully saturated rings. The molecule has 108 valence electrons. The molecule has 2 aliphatic rings. The number of amides is 2. The average molecular weight is 270 g/mol. The molecule has 19 heavy (non-hydrogen) atoms. The minimum atomic E-state index is -0.854. The van der Waals surface area contributed by atoms with Crippen molar-refractivity contribution in [3.63, 3.8) is 0 Å². The highest BCUT2D eigenvalue weighted by atomic mass is 16.5. The fourth-order valence-corrected chi connectivity index (χ4v) is 2.47. The number of nitrogens with zero attached hydrogens (tertiary/aromatic N) is 2. The van der Waals surface area contributed by atoms with Crippen LogP contribution in [0.5, 0.6) is 0 Å². The summed E-state index contributed by atoms with van der Waals surface area (Å²) in [5.41, 5.74) is 0. The molecule has 0 radical (unpaired) electrons. The molecule has 0 bridgehead atoms. The molecule has 6 nitrogen and oxygen atoms in total. The molecule has 6 heteroatoms. The average Bonchev–Trinajstić information content (AvgIpc) is 3.23. The number of carboxylic acids is 1. The molecule has 2 amide bonds. The van der Waals surface area contributed by atoms with Gasteiger partial charge in [-0.25, -0.2) is 4.79 Å². The first-order valence-electron chi connectivity index (χ1n) is 6.92. The van der Waals surface area contributed by atoms with E-state index in [1.807, 2.05) is 7.05 Å². The van der Waals surface area contributed by atoms with Gasteiger partial charge in [0, 0.05) is 38.9 Å². The third-order valence-corrected chi connectivity index (χ3v) is 3.84. The minimum Gasteiger partial charge on any atom is -0.481 e. The SMILES string of the molecule is CN(C(=O)N(CCC(=O)O)C1CC1)C1CCOCC1. The van der Waals surface area contributed by atoms with E-state index in [1.165, 1.54) is 0 Å². The maximum Gasteiger partial charge on any atom is 0.320 e. The molecule has 1 N–H and O–H groups in total. The lowest BCUT2D eigenvalue weighted by Gasteiger charge is -2.35. The van der Waals surface area contributed by atoms with Crippen molar-refractivity contribution in [1.29, 1.82) is 0 Å². The van der Waals surface area contributed by atoms with Crippen LogP contribution in [-0.4, -0.2) is 65.8 Å². The lowest BCUT2D eigenvalue weighted by atomic mass is 10.1. The first-order chi connectivity index (χ1) is 9.09. The number of urea groups is 1. The summed E-state index contributed by atoms with van der Waals surface area (Å²) >= 11 is 0. The normalized spacial score (nSPS) is 20.1. The largest absolute Gasteiger partial charge is 0.481 e. The van der Waals surface area contributed by atoms with Gasteiger partial charge in [0.1, 0.15) is 0 Å². The van der Waals surface area contributed by atoms with E-state index in [0.29, 0.717) is 19.8 Å². The molecule has 0 aromatic heterocycles. The summed E-state index contributed by atoms with van der Waals surface area (Å²) in [4.78, 5) is 26.6. The second-order valence-corrected chi connectivity index (χ2v) is 5.31. The molecule has 1 aliphatic carbocycles. The molecule has 0 atom stereocenters. The van der Waals surface area contributed by atoms with Crippen LogP contribution in [0.1, 0.15) is 32.1 Å². The van der Waals surface area contributed by atoms with Gasteiger partial charge in [-0.15, -0.1) is 0 Å². The van der Waals surface area contributed by atoms with E-state index in [-0.39, 0.29) is 24.5 Å². The molecular formula is C13H22N2O4. The molecule has 1 saturated carbocycles. The van der Waals surface area contributed by atoms with Crippen LogP contribution in [0.25, 0.3) is 0 Å². The van der Waals surface area contributed by atoms with Crippen LogP contribution < -0.4 is 0 Å². The number of carbonyl (C=O) groups excluding carboxylic acids is 1. The van der Waals surface area contributed by atoms with E-state index in [1.54, 1.807) is 9.80 Å². The highest BCUT2D eigenvalue weighted by Gasteiger charge is 2.35. The Kier molecular flexibility index (Phi) is 4.63. The predicted molar refractivity (Wildman–Crippen MR) is 69.0 cm³/mol. The summed E-state index contributed by atoms with van der Waals surface area (Å²) in [6, 6.07) is 0.428. The second kappa shape index (κ2) is 6.23. The molecule has 1 heterocycles. The number of rotatable bonds is 5. The third kappa shape index (κ3) is 3.83. The standard InChI is InChI=1S/C13H22N2O4/c1-14(10-5-8-19-9-6-10)13(18)15(11-2-3-11)7-4-12(16)17/h10-11H,2-9H2,1H3,(H,16,17). The Labute approximate surface area is 113 Å². The maximum absolute atomic E-state index is 12.5. The van der Waals surface area contributed by atoms with E-state index in [9.17, 15) is 9.59 Å². The fraction of sp³-hybridized carbons (Fsp3) is 0.846. The lowest BCUT2D eigenvalue weighted by molar-refractivity contribution is -0.137. The van der Waals surface area contributed by atoms with Gasteiger partial charge in [0.25, 0.3) is 0 Å². The first-order valence-corrected chi connectivity index (χ1v) is 6.92. The van der Waals surface area contributed by atoms with Crippen molar-refractivity contribution < 1.29 is 19.4 Å². The number of hydrogen-bond donors (Lipinski definition) is 1. The van der Waals surface area contributed by atoms with Gasteiger partial charge in [0.2, 0.25) is 0 Å². The van der Waals surface area contributed by atoms with Gasteiger partial charge in [0.05, 0.1) is 6.42 Å². The summed E-state index contributed by atoms with van der Waals surface area (Å²) in [5, 5.41) is 8.77. The van der Waals surface area contributed by atoms with Gasteiger partial charge in [-0.1, -0.05) is 0 Å². The van der Waals surface area contributed by atoms with E-state index in [2.05, 4.69) is 0 Å². The Hall–Kier alpha value is -1.30. The molecule has 0 aromatic carbocycles. The van der Waals surface area contributed by atoms with Crippen LogP contribution in [0.3, 0.4) is 0 Å². The van der Waals surface area contributed by atoms with E-state index in [0.717, 1.165) is 25.7 Å². The van der Waals surface area contributed by atoms with Gasteiger partial charge in [0.15, 0.2) is 0 Å². The van der Waals surface area contributed by atoms with E-state index < -0.39 is 5.97 Å². The minimum absolute atomic E-state index is 0.0177. The number of hydrogen-bond acceptors (Lipinski definition) is 3. The van der Waals surface area contributed by atoms with Crippen molar-refractivity contribution in [3.8, 4) is 0 Å². The molecule has 0 spiro atoms. The van der Waals surface area contributed by atoms with Crippen LogP contribution in [-0.2, 0) is 9.53 Å². The molecule has 2 rings (SSSR count). The summed E-state index contributed by atoms with van der Waals surface area (Å²) in [7, 11) is 1.81. The summed E-state index contributed by atoms with van der Waals surface area (Å²) < 4.78 is 5.30. The van der Waals surface area contributed by atoms with Gasteiger partial charge in [-0.3, -0.25) is 4.79 Å². The number of ether oxygens (including phenoxy) is 1. The van der Waals surface area contributed by atoms with Crippen LogP contribution >= 0.6 is 0 Å². The van der Waals surface area contributed by atoms with Crippen molar-refractivity contribution in [1.82, 2.24) is 9.80 Å². The van der Waals surface area contributed by atoms with Crippen molar-refractivity contribution in [2.45, 2.75) is 44.2 Å². The number of carboxylic acid groups (broad SMARTS) is 1. The van der Waals surface area contributed by atoms with Crippen LogP contribution in [0.4, 0.5) is 4.79 Å². The molecule has 0 unspecified atom stereocenters. The van der Waals surface area contributed by atoms with Crippen LogP contribution in [0.2, 0.25) is 0 Å². The van der Waals surface area contributed by atoms with Gasteiger partial charge < -0.3 is 19.6 Å². The highest BCUT2D eigenvalue weighted by molar-refractivity contribution is 5.76. The van der Waals surface area contributed by atoms with Gasteiger partial charge in [-0.05, 0) is 25.7 Å². The zero-order chi connectivity index (χ0) is 13.8. The topological polar surface area (TPSA) is 70.1 Å². The Balaban J connectivity index is 1.91. The van der Waals surface area contributed by atoms with Crippen molar-refractivity contribution in [3.05, 3.63) is 0 Å². The van der Waals surface area contributed by atoms with Crippen molar-refractivity contribution >= 4 is 12.0 Å². The molecule has 1 saturated heterocycles. The summed E-state index contributed by atoms with van der Waals surface area (Å²) in [6.07, 6.45) is 3.73. The highest BCUT2D eigenvalue weighted by Crippen LogP contribution is 2.28. The molecule has 1 aliphatic heterocycles.